The number of carbonyl (C=O) groups excluding carboxylic acids is 1. The summed E-state index contributed by atoms with van der Waals surface area (Å²) in [5, 5.41) is 0. The van der Waals surface area contributed by atoms with Crippen molar-refractivity contribution in [1.29, 1.82) is 0 Å². The molecular formula is C37H50N6O3S. The third-order valence-corrected chi connectivity index (χ3v) is 13.0. The van der Waals surface area contributed by atoms with Crippen molar-refractivity contribution in [3.63, 3.8) is 0 Å². The first-order valence-corrected chi connectivity index (χ1v) is 18.6. The summed E-state index contributed by atoms with van der Waals surface area (Å²) in [6.45, 7) is 15.9. The van der Waals surface area contributed by atoms with Gasteiger partial charge in [0.1, 0.15) is 6.33 Å². The SMILES string of the molecule is Cc1ccc(S(=O)(=O)N2CCC([C@@H](c3ccccc3)N3CCN(C4(C)CCN(C(=O)c5c(C)ncnc5C)CC4)C[C@@H]3C)CC2)cc1. The number of benzene rings is 2. The molecule has 0 radical (unpaired) electrons. The molecule has 2 atom stereocenters. The first kappa shape index (κ1) is 33.7. The van der Waals surface area contributed by atoms with Crippen LogP contribution in [0.1, 0.15) is 78.4 Å². The van der Waals surface area contributed by atoms with Gasteiger partial charge in [-0.2, -0.15) is 4.31 Å². The van der Waals surface area contributed by atoms with E-state index in [-0.39, 0.29) is 17.5 Å². The van der Waals surface area contributed by atoms with Crippen LogP contribution in [0.3, 0.4) is 0 Å². The zero-order valence-electron chi connectivity index (χ0n) is 28.6. The molecule has 4 heterocycles. The average Bonchev–Trinajstić information content (AvgIpc) is 3.07. The van der Waals surface area contributed by atoms with Crippen LogP contribution in [0.15, 0.2) is 65.8 Å². The van der Waals surface area contributed by atoms with Gasteiger partial charge in [0, 0.05) is 63.4 Å². The summed E-state index contributed by atoms with van der Waals surface area (Å²) in [6.07, 6.45) is 5.08. The van der Waals surface area contributed by atoms with Crippen molar-refractivity contribution in [2.75, 3.05) is 45.8 Å². The van der Waals surface area contributed by atoms with Gasteiger partial charge in [0.2, 0.25) is 10.0 Å². The number of likely N-dealkylation sites (tertiary alicyclic amines) is 1. The lowest BCUT2D eigenvalue weighted by molar-refractivity contribution is -0.0421. The van der Waals surface area contributed by atoms with E-state index in [1.807, 2.05) is 37.8 Å². The minimum atomic E-state index is -3.50. The molecule has 9 nitrogen and oxygen atoms in total. The van der Waals surface area contributed by atoms with Gasteiger partial charge in [0.25, 0.3) is 5.91 Å². The van der Waals surface area contributed by atoms with E-state index >= 15 is 0 Å². The summed E-state index contributed by atoms with van der Waals surface area (Å²) >= 11 is 0. The summed E-state index contributed by atoms with van der Waals surface area (Å²) in [5.41, 5.74) is 4.54. The van der Waals surface area contributed by atoms with E-state index in [0.29, 0.717) is 35.5 Å². The molecule has 3 aliphatic heterocycles. The van der Waals surface area contributed by atoms with E-state index in [1.165, 1.54) is 11.9 Å². The second-order valence-corrected chi connectivity index (χ2v) is 16.1. The average molecular weight is 659 g/mol. The highest BCUT2D eigenvalue weighted by atomic mass is 32.2. The first-order chi connectivity index (χ1) is 22.5. The lowest BCUT2D eigenvalue weighted by Crippen LogP contribution is -2.63. The molecule has 0 saturated carbocycles. The summed E-state index contributed by atoms with van der Waals surface area (Å²) < 4.78 is 28.6. The molecule has 3 fully saturated rings. The van der Waals surface area contributed by atoms with Gasteiger partial charge in [-0.1, -0.05) is 48.0 Å². The molecule has 1 aromatic heterocycles. The van der Waals surface area contributed by atoms with Crippen LogP contribution in [-0.2, 0) is 10.0 Å². The topological polar surface area (TPSA) is 90.0 Å². The Morgan fingerprint density at radius 1 is 0.851 bits per heavy atom. The lowest BCUT2D eigenvalue weighted by Gasteiger charge is -2.54. The molecule has 2 aromatic carbocycles. The molecule has 3 aliphatic rings. The molecule has 0 bridgehead atoms. The van der Waals surface area contributed by atoms with Crippen LogP contribution in [0.25, 0.3) is 0 Å². The smallest absolute Gasteiger partial charge is 0.257 e. The number of hydrogen-bond acceptors (Lipinski definition) is 7. The highest BCUT2D eigenvalue weighted by molar-refractivity contribution is 7.89. The Morgan fingerprint density at radius 2 is 1.47 bits per heavy atom. The van der Waals surface area contributed by atoms with Crippen molar-refractivity contribution in [3.8, 4) is 0 Å². The number of aryl methyl sites for hydroxylation is 3. The molecule has 0 N–H and O–H groups in total. The molecule has 10 heteroatoms. The third-order valence-electron chi connectivity index (χ3n) is 11.1. The quantitative estimate of drug-likeness (QED) is 0.343. The van der Waals surface area contributed by atoms with Gasteiger partial charge in [-0.25, -0.2) is 18.4 Å². The van der Waals surface area contributed by atoms with Crippen LogP contribution >= 0.6 is 0 Å². The first-order valence-electron chi connectivity index (χ1n) is 17.2. The zero-order valence-corrected chi connectivity index (χ0v) is 29.4. The molecule has 0 unspecified atom stereocenters. The third kappa shape index (κ3) is 6.88. The highest BCUT2D eigenvalue weighted by Crippen LogP contribution is 2.40. The van der Waals surface area contributed by atoms with Gasteiger partial charge >= 0.3 is 0 Å². The summed E-state index contributed by atoms with van der Waals surface area (Å²) in [4.78, 5) is 29.7. The van der Waals surface area contributed by atoms with Crippen LogP contribution in [0.4, 0.5) is 0 Å². The molecule has 1 amide bonds. The number of nitrogens with zero attached hydrogens (tertiary/aromatic N) is 6. The van der Waals surface area contributed by atoms with Crippen molar-refractivity contribution < 1.29 is 13.2 Å². The Balaban J connectivity index is 1.11. The number of aromatic nitrogens is 2. The second kappa shape index (κ2) is 13.7. The van der Waals surface area contributed by atoms with Gasteiger partial charge in [-0.15, -0.1) is 0 Å². The Kier molecular flexibility index (Phi) is 9.86. The van der Waals surface area contributed by atoms with E-state index in [0.717, 1.165) is 75.4 Å². The van der Waals surface area contributed by atoms with Crippen LogP contribution in [-0.4, -0.2) is 101 Å². The van der Waals surface area contributed by atoms with Gasteiger partial charge < -0.3 is 4.90 Å². The number of rotatable bonds is 7. The zero-order chi connectivity index (χ0) is 33.3. The second-order valence-electron chi connectivity index (χ2n) is 14.2. The minimum absolute atomic E-state index is 0.0341. The Labute approximate surface area is 281 Å². The molecule has 6 rings (SSSR count). The fourth-order valence-corrected chi connectivity index (χ4v) is 9.59. The van der Waals surface area contributed by atoms with Crippen molar-refractivity contribution in [2.45, 2.75) is 82.8 Å². The van der Waals surface area contributed by atoms with Gasteiger partial charge in [-0.05, 0) is 83.9 Å². The van der Waals surface area contributed by atoms with E-state index < -0.39 is 10.0 Å². The van der Waals surface area contributed by atoms with E-state index in [2.05, 4.69) is 63.9 Å². The van der Waals surface area contributed by atoms with Crippen molar-refractivity contribution in [3.05, 3.63) is 89.0 Å². The van der Waals surface area contributed by atoms with Crippen molar-refractivity contribution >= 4 is 15.9 Å². The molecular weight excluding hydrogens is 609 g/mol. The Bertz CT molecular complexity index is 1630. The predicted octanol–water partition coefficient (Wildman–Crippen LogP) is 5.24. The summed E-state index contributed by atoms with van der Waals surface area (Å²) in [7, 11) is -3.50. The monoisotopic (exact) mass is 658 g/mol. The number of piperidine rings is 2. The number of carbonyl (C=O) groups is 1. The molecule has 3 aromatic rings. The molecule has 47 heavy (non-hydrogen) atoms. The fourth-order valence-electron chi connectivity index (χ4n) is 8.12. The summed E-state index contributed by atoms with van der Waals surface area (Å²) in [5.74, 6) is 0.416. The number of piperazine rings is 1. The maximum atomic E-state index is 13.5. The van der Waals surface area contributed by atoms with E-state index in [1.54, 1.807) is 16.4 Å². The molecule has 0 aliphatic carbocycles. The molecule has 0 spiro atoms. The number of amides is 1. The predicted molar refractivity (Wildman–Crippen MR) is 185 cm³/mol. The van der Waals surface area contributed by atoms with Crippen LogP contribution < -0.4 is 0 Å². The maximum absolute atomic E-state index is 13.5. The number of hydrogen-bond donors (Lipinski definition) is 0. The highest BCUT2D eigenvalue weighted by Gasteiger charge is 2.43. The van der Waals surface area contributed by atoms with Crippen LogP contribution in [0.5, 0.6) is 0 Å². The molecule has 3 saturated heterocycles. The normalized spacial score (nSPS) is 22.7. The van der Waals surface area contributed by atoms with Crippen molar-refractivity contribution in [2.24, 2.45) is 5.92 Å². The molecule has 252 valence electrons. The fraction of sp³-hybridized carbons (Fsp3) is 0.541. The van der Waals surface area contributed by atoms with E-state index in [9.17, 15) is 13.2 Å². The van der Waals surface area contributed by atoms with Gasteiger partial charge in [-0.3, -0.25) is 14.6 Å². The maximum Gasteiger partial charge on any atom is 0.257 e. The Hall–Kier alpha value is -3.18. The van der Waals surface area contributed by atoms with Crippen molar-refractivity contribution in [1.82, 2.24) is 29.0 Å². The number of sulfonamides is 1. The van der Waals surface area contributed by atoms with Gasteiger partial charge in [0.15, 0.2) is 0 Å². The summed E-state index contributed by atoms with van der Waals surface area (Å²) in [6, 6.07) is 18.6. The van der Waals surface area contributed by atoms with Crippen LogP contribution in [0.2, 0.25) is 0 Å². The largest absolute Gasteiger partial charge is 0.338 e. The Morgan fingerprint density at radius 3 is 2.06 bits per heavy atom. The lowest BCUT2D eigenvalue weighted by atomic mass is 9.82. The standard InChI is InChI=1S/C37H50N6O3S/c1-27-11-13-33(14-12-27)47(45,46)42-19-15-32(16-20-42)35(31-9-7-6-8-10-31)43-24-23-41(25-28(43)2)37(5)17-21-40(22-18-37)36(44)34-29(3)38-26-39-30(34)4/h6-14,26,28,32,35H,15-25H2,1-5H3/t28-,35+/m0/s1. The van der Waals surface area contributed by atoms with Gasteiger partial charge in [0.05, 0.1) is 21.8 Å². The van der Waals surface area contributed by atoms with Crippen LogP contribution in [0, 0.1) is 26.7 Å². The van der Waals surface area contributed by atoms with E-state index in [4.69, 9.17) is 0 Å². The minimum Gasteiger partial charge on any atom is -0.338 e.